The molecule has 0 radical (unpaired) electrons. The second-order valence-electron chi connectivity index (χ2n) is 3.40. The second-order valence-corrected chi connectivity index (χ2v) is 4.27. The van der Waals surface area contributed by atoms with Crippen LogP contribution in [0, 0.1) is 0 Å². The van der Waals surface area contributed by atoms with E-state index in [1.54, 1.807) is 18.2 Å². The molecular weight excluding hydrogens is 265 g/mol. The average molecular weight is 276 g/mol. The van der Waals surface area contributed by atoms with Crippen LogP contribution in [0.3, 0.4) is 0 Å². The van der Waals surface area contributed by atoms with E-state index in [-0.39, 0.29) is 0 Å². The van der Waals surface area contributed by atoms with Gasteiger partial charge in [0.05, 0.1) is 0 Å². The van der Waals surface area contributed by atoms with Gasteiger partial charge in [-0.05, 0) is 25.1 Å². The molecule has 4 nitrogen and oxygen atoms in total. The Morgan fingerprint density at radius 1 is 1.24 bits per heavy atom. The Balaban J connectivity index is 2.70. The van der Waals surface area contributed by atoms with Crippen LogP contribution in [0.5, 0.6) is 0 Å². The van der Waals surface area contributed by atoms with Gasteiger partial charge >= 0.3 is 5.97 Å². The number of anilines is 1. The number of benzene rings is 1. The topological polar surface area (TPSA) is 55.4 Å². The number of hydrogen-bond donors (Lipinski definition) is 1. The van der Waals surface area contributed by atoms with Gasteiger partial charge in [0.2, 0.25) is 0 Å². The number of rotatable bonds is 3. The van der Waals surface area contributed by atoms with E-state index >= 15 is 0 Å². The minimum atomic E-state index is -0.870. The average Bonchev–Trinajstić information content (AvgIpc) is 2.14. The summed E-state index contributed by atoms with van der Waals surface area (Å²) in [7, 11) is 0. The summed E-state index contributed by atoms with van der Waals surface area (Å²) in [6, 6.07) is 4.64. The Morgan fingerprint density at radius 3 is 2.24 bits per heavy atom. The lowest BCUT2D eigenvalue weighted by Crippen LogP contribution is -2.29. The highest BCUT2D eigenvalue weighted by Crippen LogP contribution is 2.22. The van der Waals surface area contributed by atoms with Gasteiger partial charge in [-0.3, -0.25) is 9.59 Å². The lowest BCUT2D eigenvalue weighted by Gasteiger charge is -2.12. The summed E-state index contributed by atoms with van der Waals surface area (Å²) in [5.74, 6) is -0.963. The molecule has 0 aliphatic rings. The number of nitrogens with one attached hydrogen (secondary N) is 1. The molecule has 0 saturated heterocycles. The fourth-order valence-electron chi connectivity index (χ4n) is 1.17. The van der Waals surface area contributed by atoms with Crippen LogP contribution < -0.4 is 5.32 Å². The Hall–Kier alpha value is -1.26. The first kappa shape index (κ1) is 13.8. The van der Waals surface area contributed by atoms with Crippen molar-refractivity contribution in [2.24, 2.45) is 0 Å². The highest BCUT2D eigenvalue weighted by molar-refractivity contribution is 6.35. The molecule has 1 aromatic carbocycles. The molecule has 0 aliphatic heterocycles. The van der Waals surface area contributed by atoms with Crippen molar-refractivity contribution in [1.82, 2.24) is 0 Å². The van der Waals surface area contributed by atoms with E-state index in [9.17, 15) is 9.59 Å². The Kier molecular flexibility index (Phi) is 4.78. The summed E-state index contributed by atoms with van der Waals surface area (Å²) in [6.45, 7) is 2.71. The van der Waals surface area contributed by atoms with Gasteiger partial charge in [-0.25, -0.2) is 0 Å². The number of carbonyl (C=O) groups excluding carboxylic acids is 2. The van der Waals surface area contributed by atoms with Gasteiger partial charge in [-0.2, -0.15) is 0 Å². The smallest absolute Gasteiger partial charge is 0.303 e. The summed E-state index contributed by atoms with van der Waals surface area (Å²) in [6.07, 6.45) is -0.870. The number of halogens is 2. The lowest BCUT2D eigenvalue weighted by atomic mass is 10.3. The molecule has 92 valence electrons. The minimum absolute atomic E-state index is 0.410. The maximum atomic E-state index is 11.6. The molecule has 1 N–H and O–H groups in total. The summed E-state index contributed by atoms with van der Waals surface area (Å²) in [5.41, 5.74) is 0.450. The number of carbonyl (C=O) groups is 2. The van der Waals surface area contributed by atoms with Crippen molar-refractivity contribution in [1.29, 1.82) is 0 Å². The van der Waals surface area contributed by atoms with Crippen LogP contribution >= 0.6 is 23.2 Å². The molecule has 0 saturated carbocycles. The highest BCUT2D eigenvalue weighted by atomic mass is 35.5. The third kappa shape index (κ3) is 4.63. The van der Waals surface area contributed by atoms with E-state index < -0.39 is 18.0 Å². The number of amides is 1. The summed E-state index contributed by atoms with van der Waals surface area (Å²) >= 11 is 11.6. The monoisotopic (exact) mass is 275 g/mol. The SMILES string of the molecule is CC(=O)OC(C)C(=O)Nc1cc(Cl)cc(Cl)c1. The molecule has 6 heteroatoms. The maximum absolute atomic E-state index is 11.6. The Bertz CT molecular complexity index is 428. The zero-order chi connectivity index (χ0) is 13.0. The molecule has 0 heterocycles. The normalized spacial score (nSPS) is 11.8. The molecule has 1 amide bonds. The first-order chi connectivity index (χ1) is 7.88. The minimum Gasteiger partial charge on any atom is -0.453 e. The molecule has 1 aromatic rings. The van der Waals surface area contributed by atoms with Crippen LogP contribution in [0.15, 0.2) is 18.2 Å². The maximum Gasteiger partial charge on any atom is 0.303 e. The molecular formula is C11H11Cl2NO3. The Morgan fingerprint density at radius 2 is 1.76 bits per heavy atom. The van der Waals surface area contributed by atoms with Crippen molar-refractivity contribution in [3.8, 4) is 0 Å². The Labute approximate surface area is 109 Å². The summed E-state index contributed by atoms with van der Waals surface area (Å²) < 4.78 is 4.73. The molecule has 0 aliphatic carbocycles. The van der Waals surface area contributed by atoms with E-state index in [2.05, 4.69) is 5.32 Å². The third-order valence-corrected chi connectivity index (χ3v) is 2.28. The van der Waals surface area contributed by atoms with Crippen molar-refractivity contribution in [2.75, 3.05) is 5.32 Å². The number of ether oxygens (including phenoxy) is 1. The van der Waals surface area contributed by atoms with E-state index in [0.29, 0.717) is 15.7 Å². The second kappa shape index (κ2) is 5.89. The fraction of sp³-hybridized carbons (Fsp3) is 0.273. The van der Waals surface area contributed by atoms with Gasteiger partial charge in [-0.15, -0.1) is 0 Å². The standard InChI is InChI=1S/C11H11Cl2NO3/c1-6(17-7(2)15)11(16)14-10-4-8(12)3-9(13)5-10/h3-6H,1-2H3,(H,14,16). The zero-order valence-corrected chi connectivity index (χ0v) is 10.8. The molecule has 0 aromatic heterocycles. The van der Waals surface area contributed by atoms with Crippen LogP contribution in [0.25, 0.3) is 0 Å². The van der Waals surface area contributed by atoms with Crippen LogP contribution in [0.4, 0.5) is 5.69 Å². The van der Waals surface area contributed by atoms with Crippen LogP contribution in [0.2, 0.25) is 10.0 Å². The summed E-state index contributed by atoms with van der Waals surface area (Å²) in [4.78, 5) is 22.3. The van der Waals surface area contributed by atoms with Gasteiger partial charge in [0.1, 0.15) is 0 Å². The first-order valence-electron chi connectivity index (χ1n) is 4.82. The van der Waals surface area contributed by atoms with Crippen LogP contribution in [-0.2, 0) is 14.3 Å². The predicted octanol–water partition coefficient (Wildman–Crippen LogP) is 2.88. The van der Waals surface area contributed by atoms with Gasteiger partial charge in [0.25, 0.3) is 5.91 Å². The molecule has 0 bridgehead atoms. The summed E-state index contributed by atoms with van der Waals surface area (Å²) in [5, 5.41) is 3.36. The van der Waals surface area contributed by atoms with Crippen molar-refractivity contribution < 1.29 is 14.3 Å². The van der Waals surface area contributed by atoms with Crippen molar-refractivity contribution in [3.63, 3.8) is 0 Å². The quantitative estimate of drug-likeness (QED) is 0.863. The third-order valence-electron chi connectivity index (χ3n) is 1.84. The van der Waals surface area contributed by atoms with Gasteiger partial charge in [-0.1, -0.05) is 23.2 Å². The largest absolute Gasteiger partial charge is 0.453 e. The van der Waals surface area contributed by atoms with Crippen molar-refractivity contribution in [3.05, 3.63) is 28.2 Å². The van der Waals surface area contributed by atoms with Crippen molar-refractivity contribution >= 4 is 40.8 Å². The zero-order valence-electron chi connectivity index (χ0n) is 9.29. The van der Waals surface area contributed by atoms with Crippen LogP contribution in [0.1, 0.15) is 13.8 Å². The molecule has 17 heavy (non-hydrogen) atoms. The fourth-order valence-corrected chi connectivity index (χ4v) is 1.70. The van der Waals surface area contributed by atoms with E-state index in [4.69, 9.17) is 27.9 Å². The van der Waals surface area contributed by atoms with Crippen LogP contribution in [-0.4, -0.2) is 18.0 Å². The van der Waals surface area contributed by atoms with Gasteiger partial charge in [0, 0.05) is 22.7 Å². The van der Waals surface area contributed by atoms with E-state index in [1.807, 2.05) is 0 Å². The molecule has 0 fully saturated rings. The number of esters is 1. The number of hydrogen-bond acceptors (Lipinski definition) is 3. The van der Waals surface area contributed by atoms with Gasteiger partial charge < -0.3 is 10.1 Å². The molecule has 1 atom stereocenters. The molecule has 1 unspecified atom stereocenters. The lowest BCUT2D eigenvalue weighted by molar-refractivity contribution is -0.150. The predicted molar refractivity (Wildman–Crippen MR) is 66.3 cm³/mol. The van der Waals surface area contributed by atoms with E-state index in [0.717, 1.165) is 0 Å². The molecule has 0 spiro atoms. The molecule has 1 rings (SSSR count). The van der Waals surface area contributed by atoms with E-state index in [1.165, 1.54) is 13.8 Å². The van der Waals surface area contributed by atoms with Gasteiger partial charge in [0.15, 0.2) is 6.10 Å². The first-order valence-corrected chi connectivity index (χ1v) is 5.58. The highest BCUT2D eigenvalue weighted by Gasteiger charge is 2.16. The van der Waals surface area contributed by atoms with Crippen molar-refractivity contribution in [2.45, 2.75) is 20.0 Å².